The third-order valence-corrected chi connectivity index (χ3v) is 6.49. The van der Waals surface area contributed by atoms with Crippen molar-refractivity contribution in [3.05, 3.63) is 62.6 Å². The quantitative estimate of drug-likeness (QED) is 0.192. The number of nitriles is 1. The van der Waals surface area contributed by atoms with Crippen molar-refractivity contribution in [2.45, 2.75) is 26.7 Å². The molecule has 182 valence electrons. The SMILES string of the molecule is COc1cc(/C=C(/C#N)C(=O)Nc2nnc(C(C)C)s2)cc(Br)c1OCCOc1ccccc1C. The first-order valence-electron chi connectivity index (χ1n) is 10.8. The van der Waals surface area contributed by atoms with E-state index in [-0.39, 0.29) is 11.5 Å². The molecular formula is C25H25BrN4O4S. The highest BCUT2D eigenvalue weighted by Gasteiger charge is 2.16. The Hall–Kier alpha value is -3.42. The van der Waals surface area contributed by atoms with Gasteiger partial charge >= 0.3 is 0 Å². The molecule has 1 amide bonds. The molecule has 0 aliphatic heterocycles. The molecule has 0 atom stereocenters. The van der Waals surface area contributed by atoms with Crippen molar-refractivity contribution >= 4 is 44.4 Å². The van der Waals surface area contributed by atoms with E-state index in [1.54, 1.807) is 12.1 Å². The molecule has 10 heteroatoms. The highest BCUT2D eigenvalue weighted by molar-refractivity contribution is 9.10. The highest BCUT2D eigenvalue weighted by atomic mass is 79.9. The Morgan fingerprint density at radius 2 is 1.94 bits per heavy atom. The molecule has 0 saturated carbocycles. The van der Waals surface area contributed by atoms with Crippen LogP contribution in [0.4, 0.5) is 5.13 Å². The average Bonchev–Trinajstić information content (AvgIpc) is 3.30. The lowest BCUT2D eigenvalue weighted by Gasteiger charge is -2.14. The lowest BCUT2D eigenvalue weighted by Crippen LogP contribution is -2.13. The number of anilines is 1. The van der Waals surface area contributed by atoms with Gasteiger partial charge in [-0.3, -0.25) is 10.1 Å². The molecule has 0 aliphatic carbocycles. The fraction of sp³-hybridized carbons (Fsp3) is 0.280. The van der Waals surface area contributed by atoms with Gasteiger partial charge < -0.3 is 14.2 Å². The van der Waals surface area contributed by atoms with E-state index >= 15 is 0 Å². The van der Waals surface area contributed by atoms with Crippen molar-refractivity contribution in [3.63, 3.8) is 0 Å². The van der Waals surface area contributed by atoms with E-state index < -0.39 is 5.91 Å². The van der Waals surface area contributed by atoms with E-state index in [0.29, 0.717) is 39.9 Å². The summed E-state index contributed by atoms with van der Waals surface area (Å²) in [6.07, 6.45) is 1.47. The molecule has 35 heavy (non-hydrogen) atoms. The van der Waals surface area contributed by atoms with Crippen LogP contribution < -0.4 is 19.5 Å². The van der Waals surface area contributed by atoms with Crippen molar-refractivity contribution in [1.82, 2.24) is 10.2 Å². The fourth-order valence-corrected chi connectivity index (χ4v) is 4.29. The first kappa shape index (κ1) is 26.2. The molecule has 0 unspecified atom stereocenters. The van der Waals surface area contributed by atoms with Crippen LogP contribution in [0, 0.1) is 18.3 Å². The topological polar surface area (TPSA) is 106 Å². The number of amides is 1. The first-order chi connectivity index (χ1) is 16.8. The Morgan fingerprint density at radius 3 is 2.60 bits per heavy atom. The number of benzene rings is 2. The Bertz CT molecular complexity index is 1270. The molecule has 1 heterocycles. The standard InChI is InChI=1S/C25H25BrN4O4S/c1-15(2)24-29-30-25(35-24)28-23(31)18(14-27)11-17-12-19(26)22(21(13-17)32-4)34-10-9-33-20-8-6-5-7-16(20)3/h5-8,11-13,15H,9-10H2,1-4H3,(H,28,30,31)/b18-11-. The third-order valence-electron chi connectivity index (χ3n) is 4.76. The van der Waals surface area contributed by atoms with Crippen LogP contribution >= 0.6 is 27.3 Å². The van der Waals surface area contributed by atoms with Crippen LogP contribution in [-0.2, 0) is 4.79 Å². The van der Waals surface area contributed by atoms with E-state index in [1.807, 2.05) is 51.1 Å². The molecule has 3 rings (SSSR count). The van der Waals surface area contributed by atoms with Crippen molar-refractivity contribution in [2.24, 2.45) is 0 Å². The Labute approximate surface area is 216 Å². The summed E-state index contributed by atoms with van der Waals surface area (Å²) >= 11 is 4.77. The van der Waals surface area contributed by atoms with Gasteiger partial charge in [0.2, 0.25) is 5.13 Å². The smallest absolute Gasteiger partial charge is 0.268 e. The van der Waals surface area contributed by atoms with Gasteiger partial charge in [0.05, 0.1) is 11.6 Å². The Balaban J connectivity index is 1.69. The van der Waals surface area contributed by atoms with Gasteiger partial charge in [-0.2, -0.15) is 5.26 Å². The summed E-state index contributed by atoms with van der Waals surface area (Å²) in [6, 6.07) is 13.1. The van der Waals surface area contributed by atoms with Crippen LogP contribution in [0.25, 0.3) is 6.08 Å². The second-order valence-corrected chi connectivity index (χ2v) is 9.58. The summed E-state index contributed by atoms with van der Waals surface area (Å²) in [5, 5.41) is 21.3. The van der Waals surface area contributed by atoms with E-state index in [4.69, 9.17) is 14.2 Å². The number of halogens is 1. The van der Waals surface area contributed by atoms with E-state index in [1.165, 1.54) is 24.5 Å². The van der Waals surface area contributed by atoms with Gasteiger partial charge in [0, 0.05) is 5.92 Å². The molecule has 0 radical (unpaired) electrons. The summed E-state index contributed by atoms with van der Waals surface area (Å²) in [6.45, 7) is 6.61. The van der Waals surface area contributed by atoms with Crippen LogP contribution in [0.3, 0.4) is 0 Å². The van der Waals surface area contributed by atoms with Crippen LogP contribution in [0.1, 0.15) is 35.9 Å². The number of methoxy groups -OCH3 is 1. The zero-order valence-corrected chi connectivity index (χ0v) is 22.2. The largest absolute Gasteiger partial charge is 0.493 e. The van der Waals surface area contributed by atoms with Crippen molar-refractivity contribution in [3.8, 4) is 23.3 Å². The maximum absolute atomic E-state index is 12.6. The van der Waals surface area contributed by atoms with Crippen LogP contribution in [-0.4, -0.2) is 36.4 Å². The van der Waals surface area contributed by atoms with Gasteiger partial charge in [-0.1, -0.05) is 43.4 Å². The normalized spacial score (nSPS) is 11.2. The van der Waals surface area contributed by atoms with E-state index in [0.717, 1.165) is 16.3 Å². The lowest BCUT2D eigenvalue weighted by molar-refractivity contribution is -0.112. The molecule has 0 fully saturated rings. The van der Waals surface area contributed by atoms with Crippen LogP contribution in [0.5, 0.6) is 17.2 Å². The Morgan fingerprint density at radius 1 is 1.20 bits per heavy atom. The fourth-order valence-electron chi connectivity index (χ4n) is 2.98. The number of aryl methyl sites for hydroxylation is 1. The molecule has 0 aliphatic rings. The van der Waals surface area contributed by atoms with Crippen molar-refractivity contribution in [2.75, 3.05) is 25.6 Å². The van der Waals surface area contributed by atoms with Gasteiger partial charge in [0.1, 0.15) is 35.6 Å². The number of aromatic nitrogens is 2. The molecule has 0 bridgehead atoms. The van der Waals surface area contributed by atoms with Crippen molar-refractivity contribution < 1.29 is 19.0 Å². The number of rotatable bonds is 10. The first-order valence-corrected chi connectivity index (χ1v) is 12.4. The summed E-state index contributed by atoms with van der Waals surface area (Å²) in [5.41, 5.74) is 1.55. The maximum atomic E-state index is 12.6. The van der Waals surface area contributed by atoms with Crippen LogP contribution in [0.15, 0.2) is 46.4 Å². The molecule has 2 aromatic carbocycles. The highest BCUT2D eigenvalue weighted by Crippen LogP contribution is 2.37. The zero-order chi connectivity index (χ0) is 25.4. The van der Waals surface area contributed by atoms with E-state index in [9.17, 15) is 10.1 Å². The molecule has 8 nitrogen and oxygen atoms in total. The minimum Gasteiger partial charge on any atom is -0.493 e. The minimum absolute atomic E-state index is 0.0828. The maximum Gasteiger partial charge on any atom is 0.268 e. The second-order valence-electron chi connectivity index (χ2n) is 7.72. The van der Waals surface area contributed by atoms with Gasteiger partial charge in [-0.05, 0) is 58.3 Å². The number of nitrogens with one attached hydrogen (secondary N) is 1. The number of carbonyl (C=O) groups is 1. The molecule has 0 spiro atoms. The summed E-state index contributed by atoms with van der Waals surface area (Å²) in [4.78, 5) is 12.6. The lowest BCUT2D eigenvalue weighted by atomic mass is 10.1. The van der Waals surface area contributed by atoms with Gasteiger partial charge in [-0.15, -0.1) is 10.2 Å². The second kappa shape index (κ2) is 12.3. The van der Waals surface area contributed by atoms with Gasteiger partial charge in [0.25, 0.3) is 5.91 Å². The molecule has 1 N–H and O–H groups in total. The Kier molecular flexibility index (Phi) is 9.23. The summed E-state index contributed by atoms with van der Waals surface area (Å²) < 4.78 is 17.7. The van der Waals surface area contributed by atoms with E-state index in [2.05, 4.69) is 31.4 Å². The monoisotopic (exact) mass is 556 g/mol. The van der Waals surface area contributed by atoms with Gasteiger partial charge in [-0.25, -0.2) is 0 Å². The number of ether oxygens (including phenoxy) is 3. The number of hydrogen-bond acceptors (Lipinski definition) is 8. The van der Waals surface area contributed by atoms with Crippen LogP contribution in [0.2, 0.25) is 0 Å². The number of nitrogens with zero attached hydrogens (tertiary/aromatic N) is 3. The third kappa shape index (κ3) is 7.04. The molecule has 3 aromatic rings. The molecular weight excluding hydrogens is 532 g/mol. The number of para-hydroxylation sites is 1. The number of hydrogen-bond donors (Lipinski definition) is 1. The van der Waals surface area contributed by atoms with Crippen molar-refractivity contribution in [1.29, 1.82) is 5.26 Å². The molecule has 0 saturated heterocycles. The predicted octanol–water partition coefficient (Wildman–Crippen LogP) is 5.74. The van der Waals surface area contributed by atoms with Gasteiger partial charge in [0.15, 0.2) is 11.5 Å². The summed E-state index contributed by atoms with van der Waals surface area (Å²) in [7, 11) is 1.52. The minimum atomic E-state index is -0.567. The predicted molar refractivity (Wildman–Crippen MR) is 139 cm³/mol. The molecule has 1 aromatic heterocycles. The summed E-state index contributed by atoms with van der Waals surface area (Å²) in [5.74, 6) is 1.38. The average molecular weight is 557 g/mol. The number of carbonyl (C=O) groups excluding carboxylic acids is 1. The zero-order valence-electron chi connectivity index (χ0n) is 19.8.